The summed E-state index contributed by atoms with van der Waals surface area (Å²) in [6, 6.07) is 2.68. The van der Waals surface area contributed by atoms with Crippen LogP contribution < -0.4 is 4.72 Å². The molecule has 0 aromatic carbocycles. The number of sulfonamides is 1. The molecule has 1 fully saturated rings. The van der Waals surface area contributed by atoms with Gasteiger partial charge in [-0.25, -0.2) is 8.42 Å². The van der Waals surface area contributed by atoms with E-state index in [1.807, 2.05) is 0 Å². The summed E-state index contributed by atoms with van der Waals surface area (Å²) in [5.74, 6) is -1.26. The Morgan fingerprint density at radius 1 is 1.35 bits per heavy atom. The molecular weight excluding hydrogens is 466 g/mol. The lowest BCUT2D eigenvalue weighted by Gasteiger charge is -2.34. The maximum Gasteiger partial charge on any atom is 0.271 e. The quantitative estimate of drug-likeness (QED) is 0.553. The van der Waals surface area contributed by atoms with Crippen LogP contribution in [0.25, 0.3) is 0 Å². The minimum atomic E-state index is -3.78. The van der Waals surface area contributed by atoms with E-state index in [1.54, 1.807) is 24.0 Å². The van der Waals surface area contributed by atoms with Crippen LogP contribution in [0.3, 0.4) is 0 Å². The van der Waals surface area contributed by atoms with Gasteiger partial charge in [-0.1, -0.05) is 18.5 Å². The molecule has 3 rings (SSSR count). The molecule has 31 heavy (non-hydrogen) atoms. The van der Waals surface area contributed by atoms with Gasteiger partial charge in [-0.05, 0) is 18.2 Å². The van der Waals surface area contributed by atoms with Crippen molar-refractivity contribution in [2.24, 2.45) is 0 Å². The number of carbonyl (C=O) groups excluding carboxylic acids is 2. The third-order valence-corrected chi connectivity index (χ3v) is 8.04. The van der Waals surface area contributed by atoms with Gasteiger partial charge in [0.2, 0.25) is 15.9 Å². The highest BCUT2D eigenvalue weighted by Crippen LogP contribution is 2.29. The summed E-state index contributed by atoms with van der Waals surface area (Å²) in [6.45, 7) is 3.70. The monoisotopic (exact) mass is 491 g/mol. The van der Waals surface area contributed by atoms with Crippen molar-refractivity contribution in [2.75, 3.05) is 52.3 Å². The maximum absolute atomic E-state index is 12.9. The zero-order valence-electron chi connectivity index (χ0n) is 17.4. The van der Waals surface area contributed by atoms with Crippen LogP contribution in [0.2, 0.25) is 4.34 Å². The van der Waals surface area contributed by atoms with E-state index < -0.39 is 22.0 Å². The van der Waals surface area contributed by atoms with E-state index >= 15 is 0 Å². The summed E-state index contributed by atoms with van der Waals surface area (Å²) >= 11 is 7.26. The highest BCUT2D eigenvalue weighted by Gasteiger charge is 2.38. The van der Waals surface area contributed by atoms with Crippen molar-refractivity contribution in [3.8, 4) is 0 Å². The van der Waals surface area contributed by atoms with Crippen molar-refractivity contribution in [1.29, 1.82) is 0 Å². The van der Waals surface area contributed by atoms with Gasteiger partial charge in [-0.3, -0.25) is 14.3 Å². The number of halogens is 1. The molecule has 0 radical (unpaired) electrons. The molecule has 3 heterocycles. The molecule has 0 aliphatic carbocycles. The van der Waals surface area contributed by atoms with E-state index in [0.29, 0.717) is 30.6 Å². The number of hydrogen-bond acceptors (Lipinski definition) is 7. The molecule has 2 aliphatic heterocycles. The number of thiophene rings is 1. The van der Waals surface area contributed by atoms with Gasteiger partial charge in [0.25, 0.3) is 5.91 Å². The van der Waals surface area contributed by atoms with Crippen LogP contribution in [-0.2, 0) is 29.1 Å². The molecule has 1 unspecified atom stereocenters. The third kappa shape index (κ3) is 5.98. The van der Waals surface area contributed by atoms with Gasteiger partial charge in [-0.15, -0.1) is 11.3 Å². The molecule has 1 aromatic rings. The zero-order chi connectivity index (χ0) is 22.6. The number of nitrogens with one attached hydrogen (secondary N) is 1. The Balaban J connectivity index is 1.64. The average Bonchev–Trinajstić information content (AvgIpc) is 3.32. The van der Waals surface area contributed by atoms with Crippen LogP contribution in [0.15, 0.2) is 23.9 Å². The molecule has 12 heteroatoms. The Morgan fingerprint density at radius 2 is 2.06 bits per heavy atom. The first-order chi connectivity index (χ1) is 14.7. The minimum Gasteiger partial charge on any atom is -0.382 e. The first kappa shape index (κ1) is 24.0. The number of morpholine rings is 1. The maximum atomic E-state index is 12.9. The van der Waals surface area contributed by atoms with Crippen LogP contribution >= 0.6 is 22.9 Å². The smallest absolute Gasteiger partial charge is 0.271 e. The molecule has 1 aromatic heterocycles. The fourth-order valence-corrected chi connectivity index (χ4v) is 6.17. The van der Waals surface area contributed by atoms with E-state index in [-0.39, 0.29) is 36.4 Å². The van der Waals surface area contributed by atoms with Gasteiger partial charge < -0.3 is 19.3 Å². The topological polar surface area (TPSA) is 105 Å². The lowest BCUT2D eigenvalue weighted by molar-refractivity contribution is -0.148. The molecule has 2 amide bonds. The molecular formula is C19H26ClN3O6S2. The lowest BCUT2D eigenvalue weighted by Crippen LogP contribution is -2.54. The van der Waals surface area contributed by atoms with Crippen molar-refractivity contribution in [1.82, 2.24) is 14.5 Å². The number of rotatable bonds is 9. The summed E-state index contributed by atoms with van der Waals surface area (Å²) < 4.78 is 38.7. The molecule has 172 valence electrons. The Morgan fingerprint density at radius 3 is 2.68 bits per heavy atom. The van der Waals surface area contributed by atoms with Crippen LogP contribution in [0, 0.1) is 0 Å². The highest BCUT2D eigenvalue weighted by atomic mass is 35.5. The normalized spacial score (nSPS) is 19.3. The van der Waals surface area contributed by atoms with Gasteiger partial charge in [0.15, 0.2) is 0 Å². The van der Waals surface area contributed by atoms with Crippen molar-refractivity contribution < 1.29 is 27.5 Å². The number of ether oxygens (including phenoxy) is 2. The predicted molar refractivity (Wildman–Crippen MR) is 118 cm³/mol. The third-order valence-electron chi connectivity index (χ3n) is 5.11. The van der Waals surface area contributed by atoms with Gasteiger partial charge in [0, 0.05) is 37.5 Å². The van der Waals surface area contributed by atoms with Crippen LogP contribution in [-0.4, -0.2) is 88.4 Å². The summed E-state index contributed by atoms with van der Waals surface area (Å²) in [6.07, 6.45) is 1.49. The summed E-state index contributed by atoms with van der Waals surface area (Å²) in [5.41, 5.74) is -0.0488. The second-order valence-electron chi connectivity index (χ2n) is 7.41. The predicted octanol–water partition coefficient (Wildman–Crippen LogP) is 1.02. The summed E-state index contributed by atoms with van der Waals surface area (Å²) in [7, 11) is -2.33. The number of carbonyl (C=O) groups is 2. The van der Waals surface area contributed by atoms with Gasteiger partial charge >= 0.3 is 0 Å². The zero-order valence-corrected chi connectivity index (χ0v) is 19.8. The first-order valence-electron chi connectivity index (χ1n) is 9.84. The largest absolute Gasteiger partial charge is 0.382 e. The highest BCUT2D eigenvalue weighted by molar-refractivity contribution is 7.89. The molecule has 2 atom stereocenters. The molecule has 0 spiro atoms. The summed E-state index contributed by atoms with van der Waals surface area (Å²) in [5, 5.41) is 0. The second kappa shape index (κ2) is 10.3. The van der Waals surface area contributed by atoms with Crippen LogP contribution in [0.5, 0.6) is 0 Å². The Kier molecular flexibility index (Phi) is 7.98. The molecule has 0 bridgehead atoms. The van der Waals surface area contributed by atoms with E-state index in [4.69, 9.17) is 21.1 Å². The lowest BCUT2D eigenvalue weighted by atomic mass is 10.2. The van der Waals surface area contributed by atoms with E-state index in [2.05, 4.69) is 4.72 Å². The van der Waals surface area contributed by atoms with Gasteiger partial charge in [-0.2, -0.15) is 0 Å². The van der Waals surface area contributed by atoms with Crippen molar-refractivity contribution >= 4 is 44.8 Å². The van der Waals surface area contributed by atoms with Crippen LogP contribution in [0.1, 0.15) is 17.7 Å². The van der Waals surface area contributed by atoms with Crippen LogP contribution in [0.4, 0.5) is 0 Å². The van der Waals surface area contributed by atoms with E-state index in [0.717, 1.165) is 4.88 Å². The standard InChI is InChI=1S/C19H26ClN3O6S2/c1-13(16-3-4-17(20)30-16)12-31(26,27)21-14-5-6-23(18(14)24)15(11-28-2)19(25)22-7-9-29-10-8-22/h3-5,13,15,21H,6-12H2,1-2H3/t13?,15-/m0/s1. The molecule has 0 saturated carbocycles. The molecule has 2 aliphatic rings. The first-order valence-corrected chi connectivity index (χ1v) is 12.7. The van der Waals surface area contributed by atoms with Crippen molar-refractivity contribution in [2.45, 2.75) is 18.9 Å². The minimum absolute atomic E-state index is 0.0198. The second-order valence-corrected chi connectivity index (χ2v) is 10.9. The SMILES string of the molecule is COC[C@@H](C(=O)N1CCOCC1)N1CC=C(NS(=O)(=O)CC(C)c2ccc(Cl)s2)C1=O. The van der Waals surface area contributed by atoms with Crippen molar-refractivity contribution in [3.05, 3.63) is 33.1 Å². The van der Waals surface area contributed by atoms with E-state index in [9.17, 15) is 18.0 Å². The number of nitrogens with zero attached hydrogens (tertiary/aromatic N) is 2. The fraction of sp³-hybridized carbons (Fsp3) is 0.579. The number of amides is 2. The number of methoxy groups -OCH3 is 1. The number of hydrogen-bond donors (Lipinski definition) is 1. The fourth-order valence-electron chi connectivity index (χ4n) is 3.53. The Bertz CT molecular complexity index is 942. The van der Waals surface area contributed by atoms with Crippen molar-refractivity contribution in [3.63, 3.8) is 0 Å². The molecule has 1 N–H and O–H groups in total. The Hall–Kier alpha value is -1.66. The average molecular weight is 492 g/mol. The molecule has 1 saturated heterocycles. The van der Waals surface area contributed by atoms with E-state index in [1.165, 1.54) is 29.4 Å². The summed E-state index contributed by atoms with van der Waals surface area (Å²) in [4.78, 5) is 29.7. The van der Waals surface area contributed by atoms with Gasteiger partial charge in [0.1, 0.15) is 11.7 Å². The molecule has 9 nitrogen and oxygen atoms in total. The van der Waals surface area contributed by atoms with Gasteiger partial charge in [0.05, 0.1) is 29.9 Å². The Labute approximate surface area is 191 Å².